The van der Waals surface area contributed by atoms with Crippen LogP contribution in [0.5, 0.6) is 0 Å². The fraction of sp³-hybridized carbons (Fsp3) is 0.515. The molecule has 0 radical (unpaired) electrons. The Balaban J connectivity index is 2.45. The van der Waals surface area contributed by atoms with E-state index in [1.165, 1.54) is 23.7 Å². The molecule has 2 rings (SSSR count). The molecule has 0 aliphatic carbocycles. The van der Waals surface area contributed by atoms with E-state index in [0.717, 1.165) is 11.1 Å². The summed E-state index contributed by atoms with van der Waals surface area (Å²) in [4.78, 5) is 55.3. The minimum Gasteiger partial charge on any atom is -0.458 e. The van der Waals surface area contributed by atoms with Crippen molar-refractivity contribution in [1.29, 1.82) is 0 Å². The van der Waals surface area contributed by atoms with Gasteiger partial charge in [-0.1, -0.05) is 60.2 Å². The Bertz CT molecular complexity index is 1240. The van der Waals surface area contributed by atoms with Gasteiger partial charge < -0.3 is 25.0 Å². The molecule has 10 heteroatoms. The van der Waals surface area contributed by atoms with Crippen LogP contribution in [-0.2, 0) is 30.3 Å². The fourth-order valence-electron chi connectivity index (χ4n) is 4.37. The largest absolute Gasteiger partial charge is 0.458 e. The van der Waals surface area contributed by atoms with Crippen molar-refractivity contribution in [2.24, 2.45) is 0 Å². The average Bonchev–Trinajstić information content (AvgIpc) is 2.89. The third kappa shape index (κ3) is 12.3. The maximum absolute atomic E-state index is 14.1. The molecule has 0 saturated carbocycles. The molecule has 0 bridgehead atoms. The van der Waals surface area contributed by atoms with E-state index >= 15 is 0 Å². The van der Waals surface area contributed by atoms with Crippen LogP contribution in [0, 0.1) is 6.92 Å². The predicted molar refractivity (Wildman–Crippen MR) is 171 cm³/mol. The van der Waals surface area contributed by atoms with E-state index in [1.807, 2.05) is 61.7 Å². The van der Waals surface area contributed by atoms with Gasteiger partial charge in [0.1, 0.15) is 29.3 Å². The number of ether oxygens (including phenoxy) is 2. The lowest BCUT2D eigenvalue weighted by Crippen LogP contribution is -2.54. The van der Waals surface area contributed by atoms with Gasteiger partial charge in [-0.05, 0) is 78.0 Å². The topological polar surface area (TPSA) is 114 Å². The summed E-state index contributed by atoms with van der Waals surface area (Å²) in [6, 6.07) is 13.6. The van der Waals surface area contributed by atoms with E-state index in [-0.39, 0.29) is 6.42 Å². The first-order valence-electron chi connectivity index (χ1n) is 14.4. The Hall–Kier alpha value is -3.53. The summed E-state index contributed by atoms with van der Waals surface area (Å²) in [5, 5.41) is 5.56. The summed E-state index contributed by atoms with van der Waals surface area (Å²) in [6.07, 6.45) is 1.73. The van der Waals surface area contributed by atoms with Gasteiger partial charge in [-0.3, -0.25) is 9.59 Å². The minimum atomic E-state index is -1.09. The number of hydrogen-bond donors (Lipinski definition) is 2. The van der Waals surface area contributed by atoms with E-state index in [1.54, 1.807) is 47.6 Å². The van der Waals surface area contributed by atoms with Gasteiger partial charge in [-0.15, -0.1) is 0 Å². The van der Waals surface area contributed by atoms with Gasteiger partial charge in [0, 0.05) is 13.5 Å². The van der Waals surface area contributed by atoms with Crippen molar-refractivity contribution in [3.8, 4) is 0 Å². The monoisotopic (exact) mass is 613 g/mol. The molecule has 2 N–H and O–H groups in total. The molecule has 3 atom stereocenters. The maximum Gasteiger partial charge on any atom is 0.408 e. The summed E-state index contributed by atoms with van der Waals surface area (Å²) in [5.41, 5.74) is 0.792. The second kappa shape index (κ2) is 15.8. The van der Waals surface area contributed by atoms with Crippen molar-refractivity contribution in [2.45, 2.75) is 90.6 Å². The van der Waals surface area contributed by atoms with Gasteiger partial charge in [-0.2, -0.15) is 11.8 Å². The van der Waals surface area contributed by atoms with Crippen molar-refractivity contribution < 1.29 is 28.7 Å². The molecule has 0 aliphatic heterocycles. The quantitative estimate of drug-likeness (QED) is 0.316. The lowest BCUT2D eigenvalue weighted by molar-refractivity contribution is -0.159. The summed E-state index contributed by atoms with van der Waals surface area (Å²) < 4.78 is 11.1. The molecule has 0 fully saturated rings. The number of thioether (sulfide) groups is 1. The molecular formula is C33H47N3O6S. The SMILES string of the molecule is CSCCC(NC(=O)OC(C)(C)C)C(=O)N(C)C(C(=O)NC(Cc1ccccc1)C(=O)OC(C)(C)C)c1cccc(C)c1. The first-order valence-corrected chi connectivity index (χ1v) is 15.8. The number of aryl methyl sites for hydroxylation is 1. The maximum atomic E-state index is 14.1. The predicted octanol–water partition coefficient (Wildman–Crippen LogP) is 5.21. The zero-order chi connectivity index (χ0) is 32.4. The number of esters is 1. The first-order chi connectivity index (χ1) is 20.0. The molecule has 3 amide bonds. The third-order valence-electron chi connectivity index (χ3n) is 6.23. The second-order valence-electron chi connectivity index (χ2n) is 12.5. The summed E-state index contributed by atoms with van der Waals surface area (Å²) >= 11 is 1.54. The third-order valence-corrected chi connectivity index (χ3v) is 6.88. The summed E-state index contributed by atoms with van der Waals surface area (Å²) in [6.45, 7) is 12.4. The highest BCUT2D eigenvalue weighted by Gasteiger charge is 2.36. The number of nitrogens with one attached hydrogen (secondary N) is 2. The zero-order valence-electron chi connectivity index (χ0n) is 26.9. The van der Waals surface area contributed by atoms with Crippen LogP contribution >= 0.6 is 11.8 Å². The average molecular weight is 614 g/mol. The van der Waals surface area contributed by atoms with Crippen molar-refractivity contribution in [2.75, 3.05) is 19.1 Å². The van der Waals surface area contributed by atoms with Gasteiger partial charge in [0.25, 0.3) is 0 Å². The molecule has 0 aromatic heterocycles. The van der Waals surface area contributed by atoms with Crippen LogP contribution in [-0.4, -0.2) is 71.1 Å². The van der Waals surface area contributed by atoms with Gasteiger partial charge >= 0.3 is 12.1 Å². The number of likely N-dealkylation sites (N-methyl/N-ethyl adjacent to an activating group) is 1. The Kier molecular flexibility index (Phi) is 13.1. The number of benzene rings is 2. The molecular weight excluding hydrogens is 566 g/mol. The van der Waals surface area contributed by atoms with Crippen LogP contribution in [0.3, 0.4) is 0 Å². The lowest BCUT2D eigenvalue weighted by atomic mass is 9.99. The molecule has 236 valence electrons. The number of nitrogens with zero attached hydrogens (tertiary/aromatic N) is 1. The smallest absolute Gasteiger partial charge is 0.408 e. The lowest BCUT2D eigenvalue weighted by Gasteiger charge is -2.33. The van der Waals surface area contributed by atoms with Crippen LogP contribution in [0.2, 0.25) is 0 Å². The van der Waals surface area contributed by atoms with Crippen LogP contribution in [0.4, 0.5) is 4.79 Å². The standard InChI is InChI=1S/C33H47N3O6S/c1-22-14-13-17-24(20-22)27(36(8)29(38)25(18-19-43-9)35-31(40)42-33(5,6)7)28(37)34-26(30(39)41-32(2,3)4)21-23-15-11-10-12-16-23/h10-17,20,25-27H,18-19,21H2,1-9H3,(H,34,37)(H,35,40). The first kappa shape index (κ1) is 35.7. The number of amides is 3. The van der Waals surface area contributed by atoms with Crippen LogP contribution in [0.25, 0.3) is 0 Å². The number of rotatable bonds is 12. The highest BCUT2D eigenvalue weighted by molar-refractivity contribution is 7.98. The van der Waals surface area contributed by atoms with E-state index < -0.39 is 53.2 Å². The highest BCUT2D eigenvalue weighted by atomic mass is 32.2. The Morgan fingerprint density at radius 2 is 1.49 bits per heavy atom. The molecule has 0 aliphatic rings. The Morgan fingerprint density at radius 3 is 2.05 bits per heavy atom. The highest BCUT2D eigenvalue weighted by Crippen LogP contribution is 2.24. The normalized spacial score (nSPS) is 13.7. The Morgan fingerprint density at radius 1 is 0.860 bits per heavy atom. The van der Waals surface area contributed by atoms with Crippen LogP contribution in [0.1, 0.15) is 70.7 Å². The van der Waals surface area contributed by atoms with Crippen molar-refractivity contribution in [3.63, 3.8) is 0 Å². The van der Waals surface area contributed by atoms with Gasteiger partial charge in [0.05, 0.1) is 0 Å². The molecule has 3 unspecified atom stereocenters. The number of carbonyl (C=O) groups is 4. The second-order valence-corrected chi connectivity index (χ2v) is 13.5. The molecule has 2 aromatic rings. The molecule has 0 heterocycles. The van der Waals surface area contributed by atoms with Crippen molar-refractivity contribution >= 4 is 35.6 Å². The van der Waals surface area contributed by atoms with Crippen LogP contribution in [0.15, 0.2) is 54.6 Å². The molecule has 43 heavy (non-hydrogen) atoms. The minimum absolute atomic E-state index is 0.205. The molecule has 0 spiro atoms. The van der Waals surface area contributed by atoms with E-state index in [2.05, 4.69) is 10.6 Å². The summed E-state index contributed by atoms with van der Waals surface area (Å²) in [7, 11) is 1.53. The molecule has 9 nitrogen and oxygen atoms in total. The van der Waals surface area contributed by atoms with E-state index in [0.29, 0.717) is 17.7 Å². The van der Waals surface area contributed by atoms with E-state index in [4.69, 9.17) is 9.47 Å². The fourth-order valence-corrected chi connectivity index (χ4v) is 4.85. The molecule has 0 saturated heterocycles. The van der Waals surface area contributed by atoms with Gasteiger partial charge in [0.15, 0.2) is 0 Å². The number of alkyl carbamates (subject to hydrolysis) is 1. The van der Waals surface area contributed by atoms with E-state index in [9.17, 15) is 19.2 Å². The Labute approximate surface area is 260 Å². The number of carbonyl (C=O) groups excluding carboxylic acids is 4. The van der Waals surface area contributed by atoms with Gasteiger partial charge in [0.2, 0.25) is 11.8 Å². The molecule has 2 aromatic carbocycles. The number of hydrogen-bond acceptors (Lipinski definition) is 7. The van der Waals surface area contributed by atoms with Crippen molar-refractivity contribution in [1.82, 2.24) is 15.5 Å². The zero-order valence-corrected chi connectivity index (χ0v) is 27.7. The van der Waals surface area contributed by atoms with Crippen molar-refractivity contribution in [3.05, 3.63) is 71.3 Å². The van der Waals surface area contributed by atoms with Gasteiger partial charge in [-0.25, -0.2) is 9.59 Å². The summed E-state index contributed by atoms with van der Waals surface area (Å²) in [5.74, 6) is -0.988. The van der Waals surface area contributed by atoms with Crippen LogP contribution < -0.4 is 10.6 Å².